The van der Waals surface area contributed by atoms with Crippen LogP contribution < -0.4 is 0 Å². The van der Waals surface area contributed by atoms with Crippen LogP contribution in [0.15, 0.2) is 23.7 Å². The molecule has 1 nitrogen and oxygen atoms in total. The van der Waals surface area contributed by atoms with E-state index >= 15 is 0 Å². The molecule has 1 aliphatic carbocycles. The first-order chi connectivity index (χ1) is 5.57. The van der Waals surface area contributed by atoms with Crippen LogP contribution >= 0.6 is 0 Å². The van der Waals surface area contributed by atoms with Gasteiger partial charge in [0.05, 0.1) is 0 Å². The highest BCUT2D eigenvalue weighted by Gasteiger charge is 2.23. The van der Waals surface area contributed by atoms with Crippen LogP contribution in [0.1, 0.15) is 26.7 Å². The number of carbonyl (C=O) groups is 1. The predicted molar refractivity (Wildman–Crippen MR) is 51.0 cm³/mol. The van der Waals surface area contributed by atoms with Gasteiger partial charge in [0, 0.05) is 6.42 Å². The van der Waals surface area contributed by atoms with Gasteiger partial charge in [-0.05, 0) is 11.8 Å². The zero-order chi connectivity index (χ0) is 9.19. The Kier molecular flexibility index (Phi) is 2.56. The molecular formula is C10H13BO. The molecule has 0 saturated carbocycles. The van der Waals surface area contributed by atoms with Gasteiger partial charge in [-0.15, -0.1) is 0 Å². The van der Waals surface area contributed by atoms with E-state index in [-0.39, 0.29) is 11.2 Å². The van der Waals surface area contributed by atoms with Crippen LogP contribution in [0.3, 0.4) is 0 Å². The fraction of sp³-hybridized carbons (Fsp3) is 0.500. The lowest BCUT2D eigenvalue weighted by atomic mass is 9.79. The van der Waals surface area contributed by atoms with Crippen molar-refractivity contribution in [2.75, 3.05) is 0 Å². The van der Waals surface area contributed by atoms with Gasteiger partial charge in [-0.1, -0.05) is 37.5 Å². The summed E-state index contributed by atoms with van der Waals surface area (Å²) in [5, 5.41) is 0. The first-order valence-corrected chi connectivity index (χ1v) is 4.25. The molecule has 0 spiro atoms. The van der Waals surface area contributed by atoms with E-state index in [4.69, 9.17) is 7.85 Å². The summed E-state index contributed by atoms with van der Waals surface area (Å²) in [5.74, 6) is 0.0596. The van der Waals surface area contributed by atoms with Crippen LogP contribution in [0.5, 0.6) is 0 Å². The Morgan fingerprint density at radius 1 is 1.67 bits per heavy atom. The molecule has 0 bridgehead atoms. The molecule has 0 heterocycles. The maximum Gasteiger partial charge on any atom is 0.149 e. The molecule has 0 N–H and O–H groups in total. The maximum absolute atomic E-state index is 11.4. The van der Waals surface area contributed by atoms with Crippen LogP contribution in [-0.2, 0) is 4.79 Å². The van der Waals surface area contributed by atoms with E-state index in [1.807, 2.05) is 6.08 Å². The third-order valence-corrected chi connectivity index (χ3v) is 2.47. The van der Waals surface area contributed by atoms with Crippen LogP contribution in [-0.4, -0.2) is 13.6 Å². The van der Waals surface area contributed by atoms with E-state index in [1.165, 1.54) is 0 Å². The highest BCUT2D eigenvalue weighted by molar-refractivity contribution is 6.37. The standard InChI is InChI=1S/C10H13BO/c1-3-10(2)6-4-5-8(11)9(12)7-10/h4-6H,3,7H2,1-2H3. The normalized spacial score (nSPS) is 29.8. The molecule has 0 fully saturated rings. The highest BCUT2D eigenvalue weighted by Crippen LogP contribution is 2.30. The molecule has 0 saturated heterocycles. The molecule has 1 aliphatic rings. The number of Topliss-reactive ketones (excluding diaryl/α,β-unsaturated/α-hetero) is 1. The van der Waals surface area contributed by atoms with Crippen molar-refractivity contribution in [2.45, 2.75) is 26.7 Å². The third kappa shape index (κ3) is 1.87. The number of hydrogen-bond acceptors (Lipinski definition) is 1. The zero-order valence-electron chi connectivity index (χ0n) is 7.63. The minimum atomic E-state index is -0.00525. The fourth-order valence-electron chi connectivity index (χ4n) is 1.25. The van der Waals surface area contributed by atoms with Gasteiger partial charge in [-0.3, -0.25) is 4.79 Å². The monoisotopic (exact) mass is 160 g/mol. The van der Waals surface area contributed by atoms with Gasteiger partial charge in [0.2, 0.25) is 0 Å². The minimum absolute atomic E-state index is 0.00525. The van der Waals surface area contributed by atoms with Gasteiger partial charge in [0.25, 0.3) is 0 Å². The smallest absolute Gasteiger partial charge is 0.149 e. The second-order valence-corrected chi connectivity index (χ2v) is 3.59. The average molecular weight is 160 g/mol. The lowest BCUT2D eigenvalue weighted by Gasteiger charge is -2.21. The van der Waals surface area contributed by atoms with Crippen molar-refractivity contribution in [3.63, 3.8) is 0 Å². The van der Waals surface area contributed by atoms with Gasteiger partial charge in [0.15, 0.2) is 0 Å². The van der Waals surface area contributed by atoms with E-state index in [0.29, 0.717) is 11.9 Å². The highest BCUT2D eigenvalue weighted by atomic mass is 16.1. The number of hydrogen-bond donors (Lipinski definition) is 0. The van der Waals surface area contributed by atoms with Crippen molar-refractivity contribution in [1.82, 2.24) is 0 Å². The predicted octanol–water partition coefficient (Wildman–Crippen LogP) is 1.98. The summed E-state index contributed by atoms with van der Waals surface area (Å²) in [4.78, 5) is 11.4. The summed E-state index contributed by atoms with van der Waals surface area (Å²) in [6.07, 6.45) is 7.12. The topological polar surface area (TPSA) is 17.1 Å². The van der Waals surface area contributed by atoms with E-state index in [2.05, 4.69) is 19.9 Å². The Hall–Kier alpha value is -0.785. The molecule has 2 heteroatoms. The second-order valence-electron chi connectivity index (χ2n) is 3.59. The molecule has 2 radical (unpaired) electrons. The maximum atomic E-state index is 11.4. The van der Waals surface area contributed by atoms with Crippen LogP contribution in [0.4, 0.5) is 0 Å². The number of ketones is 1. The van der Waals surface area contributed by atoms with E-state index in [1.54, 1.807) is 6.08 Å². The molecular weight excluding hydrogens is 147 g/mol. The summed E-state index contributed by atoms with van der Waals surface area (Å²) in [5.41, 5.74) is 0.373. The molecule has 0 aromatic heterocycles. The van der Waals surface area contributed by atoms with Crippen molar-refractivity contribution in [2.24, 2.45) is 5.41 Å². The SMILES string of the molecule is [B]C1=CC=CC(C)(CC)CC1=O. The molecule has 12 heavy (non-hydrogen) atoms. The van der Waals surface area contributed by atoms with Crippen LogP contribution in [0.2, 0.25) is 0 Å². The van der Waals surface area contributed by atoms with Crippen LogP contribution in [0.25, 0.3) is 0 Å². The zero-order valence-corrected chi connectivity index (χ0v) is 7.63. The van der Waals surface area contributed by atoms with E-state index in [9.17, 15) is 4.79 Å². The van der Waals surface area contributed by atoms with Gasteiger partial charge in [-0.2, -0.15) is 0 Å². The number of allylic oxidation sites excluding steroid dienone is 4. The Labute approximate surface area is 75.0 Å². The van der Waals surface area contributed by atoms with Gasteiger partial charge < -0.3 is 0 Å². The Bertz CT molecular complexity index is 253. The quantitative estimate of drug-likeness (QED) is 0.536. The van der Waals surface area contributed by atoms with Gasteiger partial charge in [-0.25, -0.2) is 0 Å². The largest absolute Gasteiger partial charge is 0.295 e. The molecule has 62 valence electrons. The molecule has 0 aromatic carbocycles. The van der Waals surface area contributed by atoms with Crippen molar-refractivity contribution in [3.05, 3.63) is 23.7 Å². The summed E-state index contributed by atoms with van der Waals surface area (Å²) in [6.45, 7) is 4.16. The lowest BCUT2D eigenvalue weighted by Crippen LogP contribution is -2.17. The van der Waals surface area contributed by atoms with Crippen LogP contribution in [0, 0.1) is 5.41 Å². The van der Waals surface area contributed by atoms with Crippen molar-refractivity contribution < 1.29 is 4.79 Å². The minimum Gasteiger partial charge on any atom is -0.295 e. The van der Waals surface area contributed by atoms with Gasteiger partial charge in [0.1, 0.15) is 13.6 Å². The van der Waals surface area contributed by atoms with E-state index < -0.39 is 0 Å². The summed E-state index contributed by atoms with van der Waals surface area (Å²) >= 11 is 0. The number of rotatable bonds is 1. The average Bonchev–Trinajstić information content (AvgIpc) is 2.14. The molecule has 1 unspecified atom stereocenters. The van der Waals surface area contributed by atoms with Crippen molar-refractivity contribution in [1.29, 1.82) is 0 Å². The molecule has 0 aliphatic heterocycles. The number of carbonyl (C=O) groups excluding carboxylic acids is 1. The second kappa shape index (κ2) is 3.30. The Balaban J connectivity index is 2.87. The fourth-order valence-corrected chi connectivity index (χ4v) is 1.25. The first-order valence-electron chi connectivity index (χ1n) is 4.25. The third-order valence-electron chi connectivity index (χ3n) is 2.47. The van der Waals surface area contributed by atoms with Gasteiger partial charge >= 0.3 is 0 Å². The first kappa shape index (κ1) is 9.30. The molecule has 0 aromatic rings. The van der Waals surface area contributed by atoms with E-state index in [0.717, 1.165) is 6.42 Å². The Morgan fingerprint density at radius 2 is 2.33 bits per heavy atom. The Morgan fingerprint density at radius 3 is 2.92 bits per heavy atom. The summed E-state index contributed by atoms with van der Waals surface area (Å²) < 4.78 is 0. The summed E-state index contributed by atoms with van der Waals surface area (Å²) in [7, 11) is 5.51. The lowest BCUT2D eigenvalue weighted by molar-refractivity contribution is -0.116. The molecule has 1 atom stereocenters. The van der Waals surface area contributed by atoms with Crippen molar-refractivity contribution in [3.8, 4) is 0 Å². The molecule has 1 rings (SSSR count). The van der Waals surface area contributed by atoms with Crippen molar-refractivity contribution >= 4 is 13.6 Å². The summed E-state index contributed by atoms with van der Waals surface area (Å²) in [6, 6.07) is 0. The molecule has 0 amide bonds.